The lowest BCUT2D eigenvalue weighted by molar-refractivity contribution is -0.191. The number of Topliss-reactive ketones (excluding diaryl/α,β-unsaturated/α-hetero) is 1. The second-order valence-electron chi connectivity index (χ2n) is 8.91. The SMILES string of the molecule is O=C1CC[C@@]2(O)[C@H]3Cc4ccc(O)c5c4[C@@]2(CCN3C[C@H]2CCCO2)[C@H]1O5. The number of carbonyl (C=O) groups is 1. The van der Waals surface area contributed by atoms with E-state index in [4.69, 9.17) is 9.47 Å². The summed E-state index contributed by atoms with van der Waals surface area (Å²) in [6.45, 7) is 2.48. The Morgan fingerprint density at radius 2 is 2.19 bits per heavy atom. The van der Waals surface area contributed by atoms with Gasteiger partial charge in [-0.15, -0.1) is 0 Å². The highest BCUT2D eigenvalue weighted by atomic mass is 16.5. The summed E-state index contributed by atoms with van der Waals surface area (Å²) in [5.41, 5.74) is 0.277. The van der Waals surface area contributed by atoms with E-state index < -0.39 is 17.1 Å². The van der Waals surface area contributed by atoms with Crippen LogP contribution in [0, 0.1) is 0 Å². The smallest absolute Gasteiger partial charge is 0.174 e. The predicted molar refractivity (Wildman–Crippen MR) is 96.0 cm³/mol. The van der Waals surface area contributed by atoms with Crippen LogP contribution in [-0.2, 0) is 21.4 Å². The Bertz CT molecular complexity index is 834. The molecule has 6 nitrogen and oxygen atoms in total. The second kappa shape index (κ2) is 5.25. The zero-order chi connectivity index (χ0) is 18.4. The quantitative estimate of drug-likeness (QED) is 0.816. The minimum atomic E-state index is -1.01. The van der Waals surface area contributed by atoms with Crippen molar-refractivity contribution in [2.75, 3.05) is 19.7 Å². The van der Waals surface area contributed by atoms with Gasteiger partial charge in [0, 0.05) is 31.2 Å². The fourth-order valence-electron chi connectivity index (χ4n) is 6.68. The van der Waals surface area contributed by atoms with Crippen molar-refractivity contribution >= 4 is 5.78 Å². The Balaban J connectivity index is 1.50. The van der Waals surface area contributed by atoms with Gasteiger partial charge in [-0.1, -0.05) is 6.07 Å². The Morgan fingerprint density at radius 3 is 3.00 bits per heavy atom. The fraction of sp³-hybridized carbons (Fsp3) is 0.667. The maximum Gasteiger partial charge on any atom is 0.174 e. The van der Waals surface area contributed by atoms with Gasteiger partial charge in [0.1, 0.15) is 0 Å². The minimum absolute atomic E-state index is 0.0438. The lowest BCUT2D eigenvalue weighted by Gasteiger charge is -2.62. The molecule has 0 aromatic heterocycles. The molecular weight excluding hydrogens is 346 g/mol. The molecule has 3 fully saturated rings. The average Bonchev–Trinajstić information content (AvgIpc) is 3.27. The average molecular weight is 371 g/mol. The molecule has 5 atom stereocenters. The molecule has 1 aromatic carbocycles. The molecular formula is C21H25NO5. The molecule has 6 heteroatoms. The van der Waals surface area contributed by atoms with Gasteiger partial charge in [-0.2, -0.15) is 0 Å². The molecule has 3 aliphatic heterocycles. The summed E-state index contributed by atoms with van der Waals surface area (Å²) in [6.07, 6.45) is 3.93. The Morgan fingerprint density at radius 1 is 1.30 bits per heavy atom. The van der Waals surface area contributed by atoms with Crippen LogP contribution in [-0.4, -0.2) is 64.4 Å². The fourth-order valence-corrected chi connectivity index (χ4v) is 6.68. The van der Waals surface area contributed by atoms with E-state index in [1.54, 1.807) is 6.07 Å². The van der Waals surface area contributed by atoms with Crippen molar-refractivity contribution in [3.8, 4) is 11.5 Å². The number of phenolic OH excluding ortho intramolecular Hbond substituents is 1. The number of aromatic hydroxyl groups is 1. The molecule has 2 N–H and O–H groups in total. The van der Waals surface area contributed by atoms with Crippen molar-refractivity contribution in [3.05, 3.63) is 23.3 Å². The van der Waals surface area contributed by atoms with Crippen LogP contribution in [0.15, 0.2) is 12.1 Å². The van der Waals surface area contributed by atoms with Crippen LogP contribution >= 0.6 is 0 Å². The Labute approximate surface area is 158 Å². The predicted octanol–water partition coefficient (Wildman–Crippen LogP) is 1.29. The van der Waals surface area contributed by atoms with Crippen molar-refractivity contribution in [2.24, 2.45) is 0 Å². The highest BCUT2D eigenvalue weighted by Gasteiger charge is 2.73. The third kappa shape index (κ3) is 1.84. The molecule has 144 valence electrons. The van der Waals surface area contributed by atoms with E-state index in [-0.39, 0.29) is 23.7 Å². The van der Waals surface area contributed by atoms with Gasteiger partial charge in [0.15, 0.2) is 23.4 Å². The molecule has 2 aliphatic carbocycles. The molecule has 1 saturated carbocycles. The molecule has 2 saturated heterocycles. The van der Waals surface area contributed by atoms with Crippen LogP contribution in [0.2, 0.25) is 0 Å². The third-order valence-corrected chi connectivity index (χ3v) is 7.83. The van der Waals surface area contributed by atoms with E-state index in [0.29, 0.717) is 25.0 Å². The normalized spacial score (nSPS) is 42.1. The Hall–Kier alpha value is -1.63. The number of piperidine rings is 1. The second-order valence-corrected chi connectivity index (χ2v) is 8.91. The molecule has 1 aromatic rings. The van der Waals surface area contributed by atoms with Crippen LogP contribution in [0.4, 0.5) is 0 Å². The number of rotatable bonds is 2. The maximum absolute atomic E-state index is 12.8. The number of ketones is 1. The van der Waals surface area contributed by atoms with Crippen molar-refractivity contribution in [2.45, 2.75) is 67.8 Å². The van der Waals surface area contributed by atoms with Crippen LogP contribution < -0.4 is 4.74 Å². The van der Waals surface area contributed by atoms with E-state index in [9.17, 15) is 15.0 Å². The summed E-state index contributed by atoms with van der Waals surface area (Å²) in [5.74, 6) is 0.555. The third-order valence-electron chi connectivity index (χ3n) is 7.83. The molecule has 0 amide bonds. The summed E-state index contributed by atoms with van der Waals surface area (Å²) in [5, 5.41) is 22.4. The number of likely N-dealkylation sites (tertiary alicyclic amines) is 1. The van der Waals surface area contributed by atoms with Gasteiger partial charge >= 0.3 is 0 Å². The summed E-state index contributed by atoms with van der Waals surface area (Å²) in [6, 6.07) is 3.57. The van der Waals surface area contributed by atoms with Gasteiger partial charge in [-0.05, 0) is 50.3 Å². The van der Waals surface area contributed by atoms with E-state index >= 15 is 0 Å². The van der Waals surface area contributed by atoms with Crippen LogP contribution in [0.3, 0.4) is 0 Å². The van der Waals surface area contributed by atoms with Crippen LogP contribution in [0.5, 0.6) is 11.5 Å². The van der Waals surface area contributed by atoms with Gasteiger partial charge in [0.2, 0.25) is 0 Å². The first kappa shape index (κ1) is 16.3. The molecule has 0 radical (unpaired) electrons. The van der Waals surface area contributed by atoms with Gasteiger partial charge in [0.05, 0.1) is 17.1 Å². The van der Waals surface area contributed by atoms with Crippen molar-refractivity contribution < 1.29 is 24.5 Å². The number of hydrogen-bond donors (Lipinski definition) is 2. The first-order valence-electron chi connectivity index (χ1n) is 10.2. The molecule has 1 spiro atoms. The number of carbonyl (C=O) groups excluding carboxylic acids is 1. The summed E-state index contributed by atoms with van der Waals surface area (Å²) < 4.78 is 11.9. The van der Waals surface area contributed by atoms with Gasteiger partial charge in [-0.3, -0.25) is 9.69 Å². The number of aliphatic hydroxyl groups is 1. The van der Waals surface area contributed by atoms with Crippen molar-refractivity contribution in [1.82, 2.24) is 4.90 Å². The largest absolute Gasteiger partial charge is 0.504 e. The van der Waals surface area contributed by atoms with Gasteiger partial charge in [0.25, 0.3) is 0 Å². The first-order valence-corrected chi connectivity index (χ1v) is 10.2. The summed E-state index contributed by atoms with van der Waals surface area (Å²) in [4.78, 5) is 15.2. The molecule has 2 bridgehead atoms. The molecule has 3 heterocycles. The monoisotopic (exact) mass is 371 g/mol. The molecule has 6 rings (SSSR count). The van der Waals surface area contributed by atoms with E-state index in [1.807, 2.05) is 6.07 Å². The standard InChI is InChI=1S/C21H25NO5/c23-14-4-3-12-10-16-21(25)6-5-15(24)19-20(21,17(12)18(14)27-19)7-8-22(16)11-13-2-1-9-26-13/h3-4,13,16,19,23,25H,1-2,5-11H2/t13-,16-,19+,20+,21-/m1/s1. The molecule has 27 heavy (non-hydrogen) atoms. The Kier molecular flexibility index (Phi) is 3.17. The highest BCUT2D eigenvalue weighted by Crippen LogP contribution is 2.64. The molecule has 5 aliphatic rings. The number of nitrogens with zero attached hydrogens (tertiary/aromatic N) is 1. The lowest BCUT2D eigenvalue weighted by Crippen LogP contribution is -2.76. The number of hydrogen-bond acceptors (Lipinski definition) is 6. The zero-order valence-electron chi connectivity index (χ0n) is 15.3. The minimum Gasteiger partial charge on any atom is -0.504 e. The van der Waals surface area contributed by atoms with Crippen molar-refractivity contribution in [1.29, 1.82) is 0 Å². The lowest BCUT2D eigenvalue weighted by atomic mass is 9.49. The van der Waals surface area contributed by atoms with E-state index in [0.717, 1.165) is 50.1 Å². The van der Waals surface area contributed by atoms with Gasteiger partial charge < -0.3 is 19.7 Å². The summed E-state index contributed by atoms with van der Waals surface area (Å²) >= 11 is 0. The number of phenols is 1. The first-order chi connectivity index (χ1) is 13.0. The zero-order valence-corrected chi connectivity index (χ0v) is 15.3. The topological polar surface area (TPSA) is 79.2 Å². The van der Waals surface area contributed by atoms with E-state index in [1.165, 1.54) is 0 Å². The molecule has 0 unspecified atom stereocenters. The van der Waals surface area contributed by atoms with Gasteiger partial charge in [-0.25, -0.2) is 0 Å². The number of benzene rings is 1. The highest BCUT2D eigenvalue weighted by molar-refractivity contribution is 5.90. The van der Waals surface area contributed by atoms with Crippen LogP contribution in [0.25, 0.3) is 0 Å². The number of ether oxygens (including phenoxy) is 2. The van der Waals surface area contributed by atoms with E-state index in [2.05, 4.69) is 4.90 Å². The summed E-state index contributed by atoms with van der Waals surface area (Å²) in [7, 11) is 0. The van der Waals surface area contributed by atoms with Crippen molar-refractivity contribution in [3.63, 3.8) is 0 Å². The maximum atomic E-state index is 12.8. The van der Waals surface area contributed by atoms with Crippen LogP contribution in [0.1, 0.15) is 43.2 Å².